The molecule has 31 heavy (non-hydrogen) atoms. The van der Waals surface area contributed by atoms with Crippen molar-refractivity contribution < 1.29 is 13.6 Å². The van der Waals surface area contributed by atoms with Gasteiger partial charge in [-0.05, 0) is 55.5 Å². The third kappa shape index (κ3) is 4.81. The van der Waals surface area contributed by atoms with E-state index in [4.69, 9.17) is 16.0 Å². The zero-order chi connectivity index (χ0) is 22.0. The second-order valence-corrected chi connectivity index (χ2v) is 8.53. The minimum absolute atomic E-state index is 0.165. The smallest absolute Gasteiger partial charge is 0.262 e. The Hall–Kier alpha value is -3.10. The number of amides is 1. The van der Waals surface area contributed by atoms with E-state index < -0.39 is 11.1 Å². The van der Waals surface area contributed by atoms with Crippen molar-refractivity contribution in [3.05, 3.63) is 87.8 Å². The third-order valence-corrected chi connectivity index (χ3v) is 5.85. The van der Waals surface area contributed by atoms with Crippen LogP contribution in [0.4, 0.5) is 10.1 Å². The maximum absolute atomic E-state index is 13.4. The van der Waals surface area contributed by atoms with Crippen molar-refractivity contribution in [3.8, 4) is 0 Å². The Morgan fingerprint density at radius 2 is 2.10 bits per heavy atom. The van der Waals surface area contributed by atoms with Crippen molar-refractivity contribution in [1.82, 2.24) is 9.55 Å². The summed E-state index contributed by atoms with van der Waals surface area (Å²) in [5.74, 6) is -0.213. The maximum atomic E-state index is 13.4. The summed E-state index contributed by atoms with van der Waals surface area (Å²) in [6, 6.07) is 14.0. The lowest BCUT2D eigenvalue weighted by Crippen LogP contribution is -2.27. The summed E-state index contributed by atoms with van der Waals surface area (Å²) in [5, 5.41) is 3.27. The number of thioether (sulfide) groups is 1. The molecule has 4 aromatic rings. The third-order valence-electron chi connectivity index (χ3n) is 4.52. The topological polar surface area (TPSA) is 77.1 Å². The molecule has 0 bridgehead atoms. The summed E-state index contributed by atoms with van der Waals surface area (Å²) < 4.78 is 20.3. The molecule has 0 aliphatic heterocycles. The summed E-state index contributed by atoms with van der Waals surface area (Å²) >= 11 is 7.19. The van der Waals surface area contributed by atoms with Crippen LogP contribution in [0, 0.1) is 5.82 Å². The van der Waals surface area contributed by atoms with Gasteiger partial charge >= 0.3 is 0 Å². The SMILES string of the molecule is CC(Sc1nc2cc(Cl)ccc2c(=O)n1Cc1ccco1)C(=O)Nc1cccc(F)c1. The van der Waals surface area contributed by atoms with Crippen molar-refractivity contribution in [1.29, 1.82) is 0 Å². The largest absolute Gasteiger partial charge is 0.467 e. The van der Waals surface area contributed by atoms with Gasteiger partial charge in [0, 0.05) is 10.7 Å². The van der Waals surface area contributed by atoms with Crippen LogP contribution in [0.5, 0.6) is 0 Å². The Kier molecular flexibility index (Phi) is 6.11. The number of nitrogens with zero attached hydrogens (tertiary/aromatic N) is 2. The molecule has 6 nitrogen and oxygen atoms in total. The first-order valence-corrected chi connectivity index (χ1v) is 10.6. The molecule has 2 aromatic heterocycles. The predicted octanol–water partition coefficient (Wildman–Crippen LogP) is 4.95. The highest BCUT2D eigenvalue weighted by Gasteiger charge is 2.20. The van der Waals surface area contributed by atoms with Crippen LogP contribution < -0.4 is 10.9 Å². The van der Waals surface area contributed by atoms with Crippen LogP contribution >= 0.6 is 23.4 Å². The van der Waals surface area contributed by atoms with Crippen molar-refractivity contribution in [3.63, 3.8) is 0 Å². The van der Waals surface area contributed by atoms with Crippen LogP contribution in [0.2, 0.25) is 5.02 Å². The average Bonchev–Trinajstić information content (AvgIpc) is 3.24. The first-order valence-electron chi connectivity index (χ1n) is 9.36. The summed E-state index contributed by atoms with van der Waals surface area (Å²) in [6.45, 7) is 1.85. The molecule has 4 rings (SSSR count). The zero-order valence-electron chi connectivity index (χ0n) is 16.3. The van der Waals surface area contributed by atoms with Gasteiger partial charge in [0.25, 0.3) is 5.56 Å². The number of aromatic nitrogens is 2. The Bertz CT molecular complexity index is 1310. The standard InChI is InChI=1S/C22H17ClFN3O3S/c1-13(20(28)25-16-5-2-4-15(24)11-16)31-22-26-19-10-14(23)7-8-18(19)21(29)27(22)12-17-6-3-9-30-17/h2-11,13H,12H2,1H3,(H,25,28). The summed E-state index contributed by atoms with van der Waals surface area (Å²) in [7, 11) is 0. The quantitative estimate of drug-likeness (QED) is 0.327. The Morgan fingerprint density at radius 3 is 2.84 bits per heavy atom. The molecular formula is C22H17ClFN3O3S. The molecule has 1 unspecified atom stereocenters. The van der Waals surface area contributed by atoms with Crippen molar-refractivity contribution >= 4 is 45.9 Å². The lowest BCUT2D eigenvalue weighted by Gasteiger charge is -2.16. The molecule has 0 fully saturated rings. The molecular weight excluding hydrogens is 441 g/mol. The molecule has 0 saturated heterocycles. The first-order chi connectivity index (χ1) is 14.9. The van der Waals surface area contributed by atoms with E-state index in [2.05, 4.69) is 10.3 Å². The molecule has 158 valence electrons. The van der Waals surface area contributed by atoms with Crippen molar-refractivity contribution in [2.24, 2.45) is 0 Å². The molecule has 2 heterocycles. The molecule has 1 N–H and O–H groups in total. The van der Waals surface area contributed by atoms with E-state index in [9.17, 15) is 14.0 Å². The predicted molar refractivity (Wildman–Crippen MR) is 119 cm³/mol. The van der Waals surface area contributed by atoms with Gasteiger partial charge in [-0.3, -0.25) is 14.2 Å². The van der Waals surface area contributed by atoms with Gasteiger partial charge in [-0.25, -0.2) is 9.37 Å². The number of rotatable bonds is 6. The van der Waals surface area contributed by atoms with E-state index in [0.29, 0.717) is 32.5 Å². The van der Waals surface area contributed by atoms with E-state index >= 15 is 0 Å². The van der Waals surface area contributed by atoms with Gasteiger partial charge in [0.15, 0.2) is 5.16 Å². The van der Waals surface area contributed by atoms with Crippen LogP contribution in [0.15, 0.2) is 75.2 Å². The molecule has 0 aliphatic carbocycles. The molecule has 0 radical (unpaired) electrons. The molecule has 9 heteroatoms. The lowest BCUT2D eigenvalue weighted by molar-refractivity contribution is -0.115. The van der Waals surface area contributed by atoms with E-state index in [1.165, 1.54) is 29.0 Å². The normalized spacial score (nSPS) is 12.1. The molecule has 2 aromatic carbocycles. The van der Waals surface area contributed by atoms with Crippen LogP contribution in [-0.2, 0) is 11.3 Å². The van der Waals surface area contributed by atoms with Gasteiger partial charge in [0.1, 0.15) is 11.6 Å². The minimum Gasteiger partial charge on any atom is -0.467 e. The summed E-state index contributed by atoms with van der Waals surface area (Å²) in [6.07, 6.45) is 1.52. The molecule has 1 amide bonds. The van der Waals surface area contributed by atoms with Crippen molar-refractivity contribution in [2.75, 3.05) is 5.32 Å². The van der Waals surface area contributed by atoms with E-state index in [0.717, 1.165) is 11.8 Å². The van der Waals surface area contributed by atoms with E-state index in [1.807, 2.05) is 0 Å². The van der Waals surface area contributed by atoms with Gasteiger partial charge in [0.2, 0.25) is 5.91 Å². The van der Waals surface area contributed by atoms with Gasteiger partial charge in [-0.1, -0.05) is 29.4 Å². The van der Waals surface area contributed by atoms with Crippen LogP contribution in [-0.4, -0.2) is 20.7 Å². The van der Waals surface area contributed by atoms with Crippen molar-refractivity contribution in [2.45, 2.75) is 23.9 Å². The first kappa shape index (κ1) is 21.1. The number of furan rings is 1. The van der Waals surface area contributed by atoms with Crippen LogP contribution in [0.25, 0.3) is 10.9 Å². The fourth-order valence-electron chi connectivity index (χ4n) is 2.98. The number of benzene rings is 2. The van der Waals surface area contributed by atoms with Gasteiger partial charge in [-0.15, -0.1) is 0 Å². The number of halogens is 2. The second-order valence-electron chi connectivity index (χ2n) is 6.79. The summed E-state index contributed by atoms with van der Waals surface area (Å²) in [4.78, 5) is 30.4. The highest BCUT2D eigenvalue weighted by Crippen LogP contribution is 2.25. The molecule has 0 aliphatic rings. The Balaban J connectivity index is 1.67. The van der Waals surface area contributed by atoms with E-state index in [-0.39, 0.29) is 18.0 Å². The Morgan fingerprint density at radius 1 is 1.26 bits per heavy atom. The summed E-state index contributed by atoms with van der Waals surface area (Å²) in [5.41, 5.74) is 0.524. The zero-order valence-corrected chi connectivity index (χ0v) is 17.9. The number of fused-ring (bicyclic) bond motifs is 1. The minimum atomic E-state index is -0.616. The van der Waals surface area contributed by atoms with E-state index in [1.54, 1.807) is 43.3 Å². The van der Waals surface area contributed by atoms with Crippen LogP contribution in [0.1, 0.15) is 12.7 Å². The molecule has 0 saturated carbocycles. The highest BCUT2D eigenvalue weighted by molar-refractivity contribution is 8.00. The van der Waals surface area contributed by atoms with Crippen LogP contribution in [0.3, 0.4) is 0 Å². The van der Waals surface area contributed by atoms with Gasteiger partial charge < -0.3 is 9.73 Å². The number of hydrogen-bond donors (Lipinski definition) is 1. The molecule has 1 atom stereocenters. The monoisotopic (exact) mass is 457 g/mol. The maximum Gasteiger partial charge on any atom is 0.262 e. The second kappa shape index (κ2) is 8.95. The lowest BCUT2D eigenvalue weighted by atomic mass is 10.2. The number of anilines is 1. The number of hydrogen-bond acceptors (Lipinski definition) is 5. The van der Waals surface area contributed by atoms with Gasteiger partial charge in [0.05, 0.1) is 29.0 Å². The van der Waals surface area contributed by atoms with Gasteiger partial charge in [-0.2, -0.15) is 0 Å². The fraction of sp³-hybridized carbons (Fsp3) is 0.136. The Labute approximate surface area is 186 Å². The highest BCUT2D eigenvalue weighted by atomic mass is 35.5. The average molecular weight is 458 g/mol. The molecule has 0 spiro atoms. The fourth-order valence-corrected chi connectivity index (χ4v) is 4.06. The number of carbonyl (C=O) groups excluding carboxylic acids is 1. The number of nitrogens with one attached hydrogen (secondary N) is 1. The number of carbonyl (C=O) groups is 1.